The normalized spacial score (nSPS) is 23.4. The lowest BCUT2D eigenvalue weighted by Crippen LogP contribution is -2.62. The molecule has 0 aliphatic carbocycles. The van der Waals surface area contributed by atoms with E-state index in [1.807, 2.05) is 60.4 Å². The van der Waals surface area contributed by atoms with E-state index in [0.717, 1.165) is 17.7 Å². The third-order valence-corrected chi connectivity index (χ3v) is 7.68. The van der Waals surface area contributed by atoms with Gasteiger partial charge in [-0.05, 0) is 55.3 Å². The number of carbonyl (C=O) groups is 1. The molecule has 0 radical (unpaired) electrons. The van der Waals surface area contributed by atoms with Crippen LogP contribution in [0.2, 0.25) is 5.02 Å². The van der Waals surface area contributed by atoms with Crippen LogP contribution in [0.1, 0.15) is 12.5 Å². The van der Waals surface area contributed by atoms with Gasteiger partial charge in [-0.25, -0.2) is 8.42 Å². The summed E-state index contributed by atoms with van der Waals surface area (Å²) in [4.78, 5) is 16.8. The number of ether oxygens (including phenoxy) is 1. The maximum Gasteiger partial charge on any atom is 0.241 e. The van der Waals surface area contributed by atoms with E-state index in [4.69, 9.17) is 16.3 Å². The largest absolute Gasteiger partial charge is 0.494 e. The predicted molar refractivity (Wildman–Crippen MR) is 118 cm³/mol. The molecule has 6 nitrogen and oxygen atoms in total. The van der Waals surface area contributed by atoms with E-state index >= 15 is 0 Å². The third-order valence-electron chi connectivity index (χ3n) is 5.73. The van der Waals surface area contributed by atoms with Gasteiger partial charge in [0.25, 0.3) is 0 Å². The molecule has 0 aromatic heterocycles. The zero-order chi connectivity index (χ0) is 21.3. The first-order valence-corrected chi connectivity index (χ1v) is 12.3. The topological polar surface area (TPSA) is 66.9 Å². The number of piperazine rings is 1. The zero-order valence-electron chi connectivity index (χ0n) is 16.8. The summed E-state index contributed by atoms with van der Waals surface area (Å²) in [5.74, 6) is 0.729. The van der Waals surface area contributed by atoms with Gasteiger partial charge in [0.1, 0.15) is 5.75 Å². The Labute approximate surface area is 182 Å². The molecule has 2 aliphatic rings. The van der Waals surface area contributed by atoms with Crippen LogP contribution in [0, 0.1) is 0 Å². The number of rotatable bonds is 6. The molecule has 2 unspecified atom stereocenters. The molecule has 4 rings (SSSR count). The Kier molecular flexibility index (Phi) is 6.04. The smallest absolute Gasteiger partial charge is 0.241 e. The average molecular weight is 449 g/mol. The molecule has 2 aliphatic heterocycles. The monoisotopic (exact) mass is 448 g/mol. The molecular formula is C22H25ClN2O4S. The molecule has 30 heavy (non-hydrogen) atoms. The van der Waals surface area contributed by atoms with E-state index in [-0.39, 0.29) is 36.0 Å². The van der Waals surface area contributed by atoms with Crippen molar-refractivity contribution in [1.29, 1.82) is 0 Å². The number of nitrogens with zero attached hydrogens (tertiary/aromatic N) is 2. The molecule has 0 bridgehead atoms. The predicted octanol–water partition coefficient (Wildman–Crippen LogP) is 2.80. The highest BCUT2D eigenvalue weighted by molar-refractivity contribution is 7.91. The van der Waals surface area contributed by atoms with Crippen molar-refractivity contribution in [3.8, 4) is 5.75 Å². The highest BCUT2D eigenvalue weighted by Crippen LogP contribution is 2.32. The highest BCUT2D eigenvalue weighted by Gasteiger charge is 2.49. The molecule has 0 spiro atoms. The van der Waals surface area contributed by atoms with E-state index in [0.29, 0.717) is 23.9 Å². The second-order valence-electron chi connectivity index (χ2n) is 7.75. The molecule has 160 valence electrons. The first kappa shape index (κ1) is 21.2. The van der Waals surface area contributed by atoms with Crippen molar-refractivity contribution in [2.24, 2.45) is 0 Å². The lowest BCUT2D eigenvalue weighted by atomic mass is 10.0. The first-order chi connectivity index (χ1) is 14.4. The molecule has 1 amide bonds. The summed E-state index contributed by atoms with van der Waals surface area (Å²) < 4.78 is 30.4. The summed E-state index contributed by atoms with van der Waals surface area (Å²) in [7, 11) is -3.21. The Morgan fingerprint density at radius 1 is 1.03 bits per heavy atom. The Morgan fingerprint density at radius 2 is 1.70 bits per heavy atom. The maximum absolute atomic E-state index is 13.1. The molecule has 8 heteroatoms. The standard InChI is InChI=1S/C22H25ClN2O4S/c1-2-29-19-9-7-18(8-10-19)25-21-15-30(27,28)14-20(21)24(13-22(25)26)12-11-16-3-5-17(23)6-4-16/h3-10,20-21H,2,11-15H2,1H3. The Bertz CT molecular complexity index is 1010. The molecule has 2 fully saturated rings. The summed E-state index contributed by atoms with van der Waals surface area (Å²) in [5.41, 5.74) is 1.83. The molecule has 0 N–H and O–H groups in total. The number of amides is 1. The molecule has 2 atom stereocenters. The number of anilines is 1. The number of sulfone groups is 1. The van der Waals surface area contributed by atoms with Crippen molar-refractivity contribution in [3.63, 3.8) is 0 Å². The van der Waals surface area contributed by atoms with Gasteiger partial charge in [-0.1, -0.05) is 23.7 Å². The molecule has 2 saturated heterocycles. The van der Waals surface area contributed by atoms with Crippen LogP contribution in [0.15, 0.2) is 48.5 Å². The second-order valence-corrected chi connectivity index (χ2v) is 10.3. The Morgan fingerprint density at radius 3 is 2.37 bits per heavy atom. The van der Waals surface area contributed by atoms with Crippen LogP contribution in [0.4, 0.5) is 5.69 Å². The summed E-state index contributed by atoms with van der Waals surface area (Å²) in [6.45, 7) is 3.31. The minimum absolute atomic E-state index is 0.00589. The van der Waals surface area contributed by atoms with E-state index in [1.54, 1.807) is 4.90 Å². The van der Waals surface area contributed by atoms with Crippen LogP contribution >= 0.6 is 11.6 Å². The van der Waals surface area contributed by atoms with Crippen LogP contribution in [-0.2, 0) is 21.1 Å². The lowest BCUT2D eigenvalue weighted by molar-refractivity contribution is -0.123. The molecular weight excluding hydrogens is 424 g/mol. The molecule has 2 aromatic carbocycles. The fourth-order valence-electron chi connectivity index (χ4n) is 4.33. The minimum atomic E-state index is -3.21. The van der Waals surface area contributed by atoms with Crippen LogP contribution in [0.5, 0.6) is 5.75 Å². The van der Waals surface area contributed by atoms with Gasteiger partial charge in [0.15, 0.2) is 9.84 Å². The number of benzene rings is 2. The van der Waals surface area contributed by atoms with Gasteiger partial charge in [0, 0.05) is 23.3 Å². The molecule has 0 saturated carbocycles. The number of carbonyl (C=O) groups excluding carboxylic acids is 1. The highest BCUT2D eigenvalue weighted by atomic mass is 35.5. The fourth-order valence-corrected chi connectivity index (χ4v) is 6.44. The Balaban J connectivity index is 1.55. The quantitative estimate of drug-likeness (QED) is 0.679. The van der Waals surface area contributed by atoms with Gasteiger partial charge >= 0.3 is 0 Å². The van der Waals surface area contributed by atoms with E-state index in [9.17, 15) is 13.2 Å². The summed E-state index contributed by atoms with van der Waals surface area (Å²) in [5, 5.41) is 0.680. The van der Waals surface area contributed by atoms with Crippen molar-refractivity contribution in [1.82, 2.24) is 4.90 Å². The van der Waals surface area contributed by atoms with Crippen molar-refractivity contribution in [2.45, 2.75) is 25.4 Å². The summed E-state index contributed by atoms with van der Waals surface area (Å²) >= 11 is 5.95. The molecule has 2 heterocycles. The average Bonchev–Trinajstić information content (AvgIpc) is 3.03. The number of hydrogen-bond acceptors (Lipinski definition) is 5. The first-order valence-electron chi connectivity index (χ1n) is 10.1. The van der Waals surface area contributed by atoms with Gasteiger partial charge in [0.05, 0.1) is 30.7 Å². The fraction of sp³-hybridized carbons (Fsp3) is 0.409. The van der Waals surface area contributed by atoms with Crippen LogP contribution < -0.4 is 9.64 Å². The lowest BCUT2D eigenvalue weighted by Gasteiger charge is -2.43. The van der Waals surface area contributed by atoms with Crippen molar-refractivity contribution < 1.29 is 17.9 Å². The van der Waals surface area contributed by atoms with Crippen LogP contribution in [0.25, 0.3) is 0 Å². The van der Waals surface area contributed by atoms with E-state index in [2.05, 4.69) is 0 Å². The van der Waals surface area contributed by atoms with Gasteiger partial charge in [0.2, 0.25) is 5.91 Å². The minimum Gasteiger partial charge on any atom is -0.494 e. The van der Waals surface area contributed by atoms with E-state index < -0.39 is 9.84 Å². The SMILES string of the molecule is CCOc1ccc(N2C(=O)CN(CCc3ccc(Cl)cc3)C3CS(=O)(=O)CC32)cc1. The van der Waals surface area contributed by atoms with Crippen molar-refractivity contribution in [2.75, 3.05) is 36.1 Å². The second kappa shape index (κ2) is 8.57. The van der Waals surface area contributed by atoms with Crippen LogP contribution in [-0.4, -0.2) is 62.5 Å². The number of fused-ring (bicyclic) bond motifs is 1. The van der Waals surface area contributed by atoms with Crippen molar-refractivity contribution >= 4 is 33.0 Å². The van der Waals surface area contributed by atoms with Gasteiger partial charge in [-0.3, -0.25) is 9.69 Å². The summed E-state index contributed by atoms with van der Waals surface area (Å²) in [6.07, 6.45) is 0.733. The molecule has 2 aromatic rings. The zero-order valence-corrected chi connectivity index (χ0v) is 18.4. The number of halogens is 1. The number of hydrogen-bond donors (Lipinski definition) is 0. The van der Waals surface area contributed by atoms with Gasteiger partial charge < -0.3 is 9.64 Å². The third kappa shape index (κ3) is 4.48. The summed E-state index contributed by atoms with van der Waals surface area (Å²) in [6, 6.07) is 14.3. The Hall–Kier alpha value is -2.09. The van der Waals surface area contributed by atoms with E-state index in [1.165, 1.54) is 0 Å². The van der Waals surface area contributed by atoms with Crippen LogP contribution in [0.3, 0.4) is 0 Å². The van der Waals surface area contributed by atoms with Gasteiger partial charge in [-0.15, -0.1) is 0 Å². The van der Waals surface area contributed by atoms with Crippen molar-refractivity contribution in [3.05, 3.63) is 59.1 Å². The van der Waals surface area contributed by atoms with Gasteiger partial charge in [-0.2, -0.15) is 0 Å². The maximum atomic E-state index is 13.1.